The molecule has 6 nitrogen and oxygen atoms in total. The Labute approximate surface area is 173 Å². The molecule has 0 atom stereocenters. The lowest BCUT2D eigenvalue weighted by Gasteiger charge is -2.07. The average molecular weight is 397 g/mol. The molecule has 0 aliphatic carbocycles. The fourth-order valence-corrected chi connectivity index (χ4v) is 3.96. The number of benzene rings is 2. The monoisotopic (exact) mass is 397 g/mol. The van der Waals surface area contributed by atoms with Gasteiger partial charge in [-0.05, 0) is 30.7 Å². The molecule has 6 heteroatoms. The van der Waals surface area contributed by atoms with Gasteiger partial charge < -0.3 is 0 Å². The van der Waals surface area contributed by atoms with Crippen molar-refractivity contribution in [2.45, 2.75) is 39.2 Å². The summed E-state index contributed by atoms with van der Waals surface area (Å²) in [6, 6.07) is 17.6. The van der Waals surface area contributed by atoms with Gasteiger partial charge in [0.25, 0.3) is 5.56 Å². The highest BCUT2D eigenvalue weighted by atomic mass is 16.1. The third kappa shape index (κ3) is 3.05. The van der Waals surface area contributed by atoms with Crippen LogP contribution < -0.4 is 5.56 Å². The number of nitrogens with zero attached hydrogens (tertiary/aromatic N) is 5. The van der Waals surface area contributed by atoms with Gasteiger partial charge in [0, 0.05) is 12.2 Å². The third-order valence-corrected chi connectivity index (χ3v) is 5.50. The van der Waals surface area contributed by atoms with Crippen molar-refractivity contribution in [3.63, 3.8) is 0 Å². The highest BCUT2D eigenvalue weighted by Gasteiger charge is 2.20. The van der Waals surface area contributed by atoms with Crippen LogP contribution in [0, 0.1) is 0 Å². The van der Waals surface area contributed by atoms with Crippen molar-refractivity contribution in [3.8, 4) is 5.69 Å². The van der Waals surface area contributed by atoms with Crippen LogP contribution in [-0.2, 0) is 6.54 Å². The second-order valence-corrected chi connectivity index (χ2v) is 7.56. The van der Waals surface area contributed by atoms with E-state index in [9.17, 15) is 4.79 Å². The molecule has 0 aliphatic heterocycles. The fourth-order valence-electron chi connectivity index (χ4n) is 3.96. The summed E-state index contributed by atoms with van der Waals surface area (Å²) in [5, 5.41) is 0.532. The second kappa shape index (κ2) is 7.71. The summed E-state index contributed by atoms with van der Waals surface area (Å²) in [5.74, 6) is 0. The molecule has 5 rings (SSSR count). The zero-order valence-electron chi connectivity index (χ0n) is 17.0. The van der Waals surface area contributed by atoms with Gasteiger partial charge in [0.15, 0.2) is 11.3 Å². The lowest BCUT2D eigenvalue weighted by Crippen LogP contribution is -2.20. The second-order valence-electron chi connectivity index (χ2n) is 7.56. The van der Waals surface area contributed by atoms with E-state index in [2.05, 4.69) is 6.92 Å². The third-order valence-electron chi connectivity index (χ3n) is 5.50. The number of unbranched alkanes of at least 4 members (excludes halogenated alkanes) is 3. The number of para-hydroxylation sites is 3. The number of hydrogen-bond acceptors (Lipinski definition) is 4. The largest absolute Gasteiger partial charge is 0.299 e. The molecule has 3 aromatic heterocycles. The Hall–Kier alpha value is -3.54. The quantitative estimate of drug-likeness (QED) is 0.384. The zero-order chi connectivity index (χ0) is 20.5. The van der Waals surface area contributed by atoms with Gasteiger partial charge >= 0.3 is 0 Å². The summed E-state index contributed by atoms with van der Waals surface area (Å²) in [6.45, 7) is 2.85. The van der Waals surface area contributed by atoms with Gasteiger partial charge in [-0.3, -0.25) is 13.9 Å². The molecular weight excluding hydrogens is 374 g/mol. The highest BCUT2D eigenvalue weighted by molar-refractivity contribution is 6.05. The molecule has 0 fully saturated rings. The lowest BCUT2D eigenvalue weighted by atomic mass is 10.2. The Morgan fingerprint density at radius 3 is 2.33 bits per heavy atom. The predicted octanol–water partition coefficient (Wildman–Crippen LogP) is 4.86. The van der Waals surface area contributed by atoms with E-state index in [1.807, 2.05) is 59.2 Å². The SMILES string of the molecule is CCCCCCn1cnc2c(c1=O)c1nc3ccccc3nc1n2-c1ccccc1. The summed E-state index contributed by atoms with van der Waals surface area (Å²) < 4.78 is 3.65. The molecule has 0 aliphatic rings. The van der Waals surface area contributed by atoms with Crippen LogP contribution in [0.3, 0.4) is 0 Å². The van der Waals surface area contributed by atoms with Crippen molar-refractivity contribution >= 4 is 33.2 Å². The highest BCUT2D eigenvalue weighted by Crippen LogP contribution is 2.28. The lowest BCUT2D eigenvalue weighted by molar-refractivity contribution is 0.567. The van der Waals surface area contributed by atoms with Gasteiger partial charge in [0.05, 0.1) is 17.4 Å². The maximum atomic E-state index is 13.4. The van der Waals surface area contributed by atoms with E-state index < -0.39 is 0 Å². The molecule has 0 spiro atoms. The van der Waals surface area contributed by atoms with Gasteiger partial charge in [0.1, 0.15) is 10.9 Å². The van der Waals surface area contributed by atoms with Gasteiger partial charge in [-0.2, -0.15) is 0 Å². The van der Waals surface area contributed by atoms with Crippen LogP contribution in [-0.4, -0.2) is 24.1 Å². The molecule has 5 aromatic rings. The van der Waals surface area contributed by atoms with E-state index in [1.165, 1.54) is 12.8 Å². The normalized spacial score (nSPS) is 11.6. The van der Waals surface area contributed by atoms with E-state index in [0.29, 0.717) is 28.7 Å². The Balaban J connectivity index is 1.80. The Morgan fingerprint density at radius 1 is 0.833 bits per heavy atom. The fraction of sp³-hybridized carbons (Fsp3) is 0.250. The smallest absolute Gasteiger partial charge is 0.265 e. The van der Waals surface area contributed by atoms with E-state index in [-0.39, 0.29) is 5.56 Å². The maximum absolute atomic E-state index is 13.4. The van der Waals surface area contributed by atoms with Crippen molar-refractivity contribution in [3.05, 3.63) is 71.3 Å². The summed E-state index contributed by atoms with van der Waals surface area (Å²) in [5.41, 5.74) is 4.28. The molecule has 150 valence electrons. The number of rotatable bonds is 6. The minimum atomic E-state index is -0.0549. The summed E-state index contributed by atoms with van der Waals surface area (Å²) in [7, 11) is 0. The first-order valence-corrected chi connectivity index (χ1v) is 10.5. The zero-order valence-corrected chi connectivity index (χ0v) is 17.0. The molecule has 0 unspecified atom stereocenters. The van der Waals surface area contributed by atoms with Crippen LogP contribution in [0.2, 0.25) is 0 Å². The van der Waals surface area contributed by atoms with Crippen molar-refractivity contribution in [1.82, 2.24) is 24.1 Å². The van der Waals surface area contributed by atoms with Gasteiger partial charge in [0.2, 0.25) is 0 Å². The van der Waals surface area contributed by atoms with E-state index in [4.69, 9.17) is 15.0 Å². The molecule has 0 bridgehead atoms. The standard InChI is InChI=1S/C24H23N5O/c1-2-3-4-10-15-28-16-25-22-20(24(28)30)21-23(29(22)17-11-6-5-7-12-17)27-19-14-9-8-13-18(19)26-21/h5-9,11-14,16H,2-4,10,15H2,1H3. The minimum absolute atomic E-state index is 0.0549. The molecule has 0 saturated carbocycles. The molecule has 0 radical (unpaired) electrons. The number of aromatic nitrogens is 5. The predicted molar refractivity (Wildman–Crippen MR) is 120 cm³/mol. The summed E-state index contributed by atoms with van der Waals surface area (Å²) in [6.07, 6.45) is 6.08. The van der Waals surface area contributed by atoms with Crippen molar-refractivity contribution in [1.29, 1.82) is 0 Å². The average Bonchev–Trinajstić information content (AvgIpc) is 3.11. The topological polar surface area (TPSA) is 65.6 Å². The molecule has 2 aromatic carbocycles. The first-order chi connectivity index (χ1) is 14.8. The van der Waals surface area contributed by atoms with Gasteiger partial charge in [-0.25, -0.2) is 15.0 Å². The molecule has 0 N–H and O–H groups in total. The first-order valence-electron chi connectivity index (χ1n) is 10.5. The van der Waals surface area contributed by atoms with Crippen LogP contribution in [0.5, 0.6) is 0 Å². The number of aryl methyl sites for hydroxylation is 1. The molecular formula is C24H23N5O. The van der Waals surface area contributed by atoms with Crippen LogP contribution in [0.15, 0.2) is 65.7 Å². The molecule has 0 saturated heterocycles. The number of fused-ring (bicyclic) bond motifs is 4. The Bertz CT molecular complexity index is 1400. The maximum Gasteiger partial charge on any atom is 0.265 e. The van der Waals surface area contributed by atoms with E-state index in [1.54, 1.807) is 10.9 Å². The van der Waals surface area contributed by atoms with Gasteiger partial charge in [-0.15, -0.1) is 0 Å². The van der Waals surface area contributed by atoms with Crippen molar-refractivity contribution in [2.75, 3.05) is 0 Å². The molecule has 3 heterocycles. The van der Waals surface area contributed by atoms with E-state index >= 15 is 0 Å². The van der Waals surface area contributed by atoms with Crippen LogP contribution in [0.1, 0.15) is 32.6 Å². The summed E-state index contributed by atoms with van der Waals surface area (Å²) in [4.78, 5) is 27.8. The van der Waals surface area contributed by atoms with E-state index in [0.717, 1.165) is 29.6 Å². The minimum Gasteiger partial charge on any atom is -0.299 e. The Morgan fingerprint density at radius 2 is 1.57 bits per heavy atom. The number of hydrogen-bond donors (Lipinski definition) is 0. The first kappa shape index (κ1) is 18.5. The van der Waals surface area contributed by atoms with Crippen molar-refractivity contribution < 1.29 is 0 Å². The van der Waals surface area contributed by atoms with Crippen LogP contribution >= 0.6 is 0 Å². The van der Waals surface area contributed by atoms with Crippen LogP contribution in [0.4, 0.5) is 0 Å². The van der Waals surface area contributed by atoms with Crippen molar-refractivity contribution in [2.24, 2.45) is 0 Å². The summed E-state index contributed by atoms with van der Waals surface area (Å²) >= 11 is 0. The molecule has 30 heavy (non-hydrogen) atoms. The van der Waals surface area contributed by atoms with Gasteiger partial charge in [-0.1, -0.05) is 56.5 Å². The van der Waals surface area contributed by atoms with Crippen LogP contribution in [0.25, 0.3) is 38.9 Å². The molecule has 0 amide bonds. The Kier molecular flexibility index (Phi) is 4.75.